The van der Waals surface area contributed by atoms with Gasteiger partial charge in [-0.15, -0.1) is 30.6 Å². The van der Waals surface area contributed by atoms with Crippen molar-refractivity contribution in [1.82, 2.24) is 10.2 Å². The van der Waals surface area contributed by atoms with Crippen LogP contribution in [0.3, 0.4) is 0 Å². The molecule has 0 atom stereocenters. The quantitative estimate of drug-likeness (QED) is 0.306. The van der Waals surface area contributed by atoms with Gasteiger partial charge in [-0.2, -0.15) is 0 Å². The number of guanidine groups is 1. The minimum absolute atomic E-state index is 0. The van der Waals surface area contributed by atoms with Crippen LogP contribution in [0.4, 0.5) is 4.39 Å². The Morgan fingerprint density at radius 1 is 1.33 bits per heavy atom. The minimum Gasteiger partial charge on any atom is -0.469 e. The number of benzene rings is 1. The molecule has 0 aliphatic carbocycles. The van der Waals surface area contributed by atoms with Gasteiger partial charge in [-0.1, -0.05) is 18.2 Å². The first kappa shape index (κ1) is 20.2. The fraction of sp³-hybridized carbons (Fsp3) is 0.278. The van der Waals surface area contributed by atoms with Crippen molar-refractivity contribution >= 4 is 29.9 Å². The van der Waals surface area contributed by atoms with E-state index >= 15 is 0 Å². The third kappa shape index (κ3) is 6.74. The Kier molecular flexibility index (Phi) is 9.14. The molecule has 1 N–H and O–H groups in total. The number of furan rings is 1. The van der Waals surface area contributed by atoms with E-state index in [9.17, 15) is 4.39 Å². The lowest BCUT2D eigenvalue weighted by Crippen LogP contribution is -2.38. The highest BCUT2D eigenvalue weighted by Gasteiger charge is 2.07. The third-order valence-electron chi connectivity index (χ3n) is 3.30. The maximum atomic E-state index is 13.0. The standard InChI is InChI=1S/C18H22FN3O.HI/c1-3-11-20-18(21-12-10-17-5-4-13-23-17)22(2)14-15-6-8-16(19)9-7-15;/h3-9,13H,1,10-12,14H2,2H3,(H,20,21);1H. The van der Waals surface area contributed by atoms with Crippen molar-refractivity contribution in [1.29, 1.82) is 0 Å². The van der Waals surface area contributed by atoms with E-state index in [-0.39, 0.29) is 29.8 Å². The second-order valence-electron chi connectivity index (χ2n) is 5.19. The van der Waals surface area contributed by atoms with Gasteiger partial charge in [0.1, 0.15) is 11.6 Å². The summed E-state index contributed by atoms with van der Waals surface area (Å²) in [6, 6.07) is 10.3. The molecule has 1 aromatic heterocycles. The van der Waals surface area contributed by atoms with E-state index < -0.39 is 0 Å². The first-order valence-corrected chi connectivity index (χ1v) is 7.56. The van der Waals surface area contributed by atoms with E-state index in [0.29, 0.717) is 19.6 Å². The highest BCUT2D eigenvalue weighted by molar-refractivity contribution is 14.0. The summed E-state index contributed by atoms with van der Waals surface area (Å²) < 4.78 is 18.3. The van der Waals surface area contributed by atoms with Crippen LogP contribution in [-0.2, 0) is 13.0 Å². The summed E-state index contributed by atoms with van der Waals surface area (Å²) in [7, 11) is 1.95. The van der Waals surface area contributed by atoms with Gasteiger partial charge in [0.25, 0.3) is 0 Å². The lowest BCUT2D eigenvalue weighted by atomic mass is 10.2. The number of nitrogens with zero attached hydrogens (tertiary/aromatic N) is 2. The van der Waals surface area contributed by atoms with Crippen molar-refractivity contribution in [3.8, 4) is 0 Å². The highest BCUT2D eigenvalue weighted by Crippen LogP contribution is 2.06. The molecule has 0 saturated heterocycles. The second kappa shape index (κ2) is 10.9. The molecule has 0 spiro atoms. The van der Waals surface area contributed by atoms with Gasteiger partial charge in [-0.05, 0) is 29.8 Å². The van der Waals surface area contributed by atoms with E-state index in [0.717, 1.165) is 23.7 Å². The molecule has 4 nitrogen and oxygen atoms in total. The van der Waals surface area contributed by atoms with Gasteiger partial charge in [0.05, 0.1) is 6.26 Å². The van der Waals surface area contributed by atoms with Gasteiger partial charge >= 0.3 is 0 Å². The molecule has 0 radical (unpaired) electrons. The van der Waals surface area contributed by atoms with Crippen molar-refractivity contribution in [2.75, 3.05) is 20.1 Å². The lowest BCUT2D eigenvalue weighted by molar-refractivity contribution is 0.475. The van der Waals surface area contributed by atoms with Crippen LogP contribution in [0, 0.1) is 5.82 Å². The predicted molar refractivity (Wildman–Crippen MR) is 106 cm³/mol. The summed E-state index contributed by atoms with van der Waals surface area (Å²) in [5.74, 6) is 1.47. The molecule has 1 aromatic carbocycles. The lowest BCUT2D eigenvalue weighted by Gasteiger charge is -2.22. The summed E-state index contributed by atoms with van der Waals surface area (Å²) >= 11 is 0. The zero-order chi connectivity index (χ0) is 16.5. The van der Waals surface area contributed by atoms with Gasteiger partial charge in [-0.25, -0.2) is 4.39 Å². The number of hydrogen-bond donors (Lipinski definition) is 1. The summed E-state index contributed by atoms with van der Waals surface area (Å²) in [6.45, 7) is 5.61. The van der Waals surface area contributed by atoms with Gasteiger partial charge < -0.3 is 14.6 Å². The number of rotatable bonds is 7. The molecular weight excluding hydrogens is 420 g/mol. The van der Waals surface area contributed by atoms with Crippen LogP contribution in [0.1, 0.15) is 11.3 Å². The number of nitrogens with one attached hydrogen (secondary N) is 1. The van der Waals surface area contributed by atoms with Crippen molar-refractivity contribution in [3.63, 3.8) is 0 Å². The molecule has 0 amide bonds. The fourth-order valence-electron chi connectivity index (χ4n) is 2.14. The SMILES string of the molecule is C=CCNC(=NCCc1ccco1)N(C)Cc1ccc(F)cc1.I. The Balaban J connectivity index is 0.00000288. The van der Waals surface area contributed by atoms with Crippen molar-refractivity contribution < 1.29 is 8.81 Å². The van der Waals surface area contributed by atoms with Crippen LogP contribution in [0.5, 0.6) is 0 Å². The van der Waals surface area contributed by atoms with Crippen LogP contribution >= 0.6 is 24.0 Å². The Morgan fingerprint density at radius 3 is 2.71 bits per heavy atom. The van der Waals surface area contributed by atoms with Crippen LogP contribution in [0.2, 0.25) is 0 Å². The smallest absolute Gasteiger partial charge is 0.194 e. The number of hydrogen-bond acceptors (Lipinski definition) is 2. The Bertz CT molecular complexity index is 626. The van der Waals surface area contributed by atoms with E-state index in [2.05, 4.69) is 16.9 Å². The van der Waals surface area contributed by atoms with Crippen molar-refractivity contribution in [2.45, 2.75) is 13.0 Å². The molecule has 1 heterocycles. The Hall–Kier alpha value is -1.83. The van der Waals surface area contributed by atoms with Gasteiger partial charge in [0.2, 0.25) is 0 Å². The van der Waals surface area contributed by atoms with Crippen LogP contribution in [0.15, 0.2) is 64.7 Å². The molecule has 0 aliphatic heterocycles. The zero-order valence-electron chi connectivity index (χ0n) is 13.7. The first-order valence-electron chi connectivity index (χ1n) is 7.56. The van der Waals surface area contributed by atoms with Crippen LogP contribution in [0.25, 0.3) is 0 Å². The van der Waals surface area contributed by atoms with Crippen molar-refractivity contribution in [2.24, 2.45) is 4.99 Å². The molecule has 0 bridgehead atoms. The maximum Gasteiger partial charge on any atom is 0.194 e. The zero-order valence-corrected chi connectivity index (χ0v) is 16.1. The normalized spacial score (nSPS) is 10.8. The Labute approximate surface area is 159 Å². The molecule has 0 saturated carbocycles. The Morgan fingerprint density at radius 2 is 2.08 bits per heavy atom. The average Bonchev–Trinajstić information content (AvgIpc) is 3.06. The number of aliphatic imine (C=N–C) groups is 1. The minimum atomic E-state index is -0.228. The monoisotopic (exact) mass is 443 g/mol. The largest absolute Gasteiger partial charge is 0.469 e. The molecule has 0 aliphatic rings. The third-order valence-corrected chi connectivity index (χ3v) is 3.30. The first-order chi connectivity index (χ1) is 11.2. The van der Waals surface area contributed by atoms with E-state index in [1.54, 1.807) is 24.5 Å². The van der Waals surface area contributed by atoms with Crippen molar-refractivity contribution in [3.05, 3.63) is 72.5 Å². The van der Waals surface area contributed by atoms with E-state index in [4.69, 9.17) is 4.42 Å². The van der Waals surface area contributed by atoms with Crippen LogP contribution in [-0.4, -0.2) is 31.0 Å². The molecule has 0 fully saturated rings. The van der Waals surface area contributed by atoms with Crippen LogP contribution < -0.4 is 5.32 Å². The highest BCUT2D eigenvalue weighted by atomic mass is 127. The summed E-state index contributed by atoms with van der Waals surface area (Å²) in [5.41, 5.74) is 1.02. The van der Waals surface area contributed by atoms with E-state index in [1.807, 2.05) is 24.1 Å². The molecule has 2 aromatic rings. The molecule has 0 unspecified atom stereocenters. The van der Waals surface area contributed by atoms with Gasteiger partial charge in [0, 0.05) is 33.1 Å². The molecule has 6 heteroatoms. The summed E-state index contributed by atoms with van der Waals surface area (Å²) in [4.78, 5) is 6.60. The molecule has 130 valence electrons. The molecule has 24 heavy (non-hydrogen) atoms. The number of halogens is 2. The van der Waals surface area contributed by atoms with Gasteiger partial charge in [-0.3, -0.25) is 4.99 Å². The fourth-order valence-corrected chi connectivity index (χ4v) is 2.14. The topological polar surface area (TPSA) is 40.8 Å². The average molecular weight is 443 g/mol. The molecule has 2 rings (SSSR count). The second-order valence-corrected chi connectivity index (χ2v) is 5.19. The summed E-state index contributed by atoms with van der Waals surface area (Å²) in [5, 5.41) is 3.23. The van der Waals surface area contributed by atoms with E-state index in [1.165, 1.54) is 12.1 Å². The molecular formula is C18H23FIN3O. The predicted octanol–water partition coefficient (Wildman–Crippen LogP) is 3.84. The maximum absolute atomic E-state index is 13.0. The van der Waals surface area contributed by atoms with Gasteiger partial charge in [0.15, 0.2) is 5.96 Å². The summed E-state index contributed by atoms with van der Waals surface area (Å²) in [6.07, 6.45) is 4.20.